The maximum atomic E-state index is 13.5. The van der Waals surface area contributed by atoms with Gasteiger partial charge in [0.15, 0.2) is 0 Å². The predicted molar refractivity (Wildman–Crippen MR) is 70.3 cm³/mol. The molecule has 4 nitrogen and oxygen atoms in total. The van der Waals surface area contributed by atoms with Gasteiger partial charge in [0, 0.05) is 11.4 Å². The van der Waals surface area contributed by atoms with Crippen molar-refractivity contribution >= 4 is 39.9 Å². The van der Waals surface area contributed by atoms with E-state index in [9.17, 15) is 4.39 Å². The van der Waals surface area contributed by atoms with Gasteiger partial charge in [-0.3, -0.25) is 0 Å². The molecular weight excluding hydrogens is 275 g/mol. The third-order valence-electron chi connectivity index (χ3n) is 2.62. The maximum absolute atomic E-state index is 13.5. The van der Waals surface area contributed by atoms with E-state index in [0.717, 1.165) is 5.69 Å². The molecule has 7 heteroatoms. The molecular formula is C11H8ClFN4S. The second-order valence-corrected chi connectivity index (χ2v) is 4.92. The lowest BCUT2D eigenvalue weighted by Gasteiger charge is -2.04. The minimum Gasteiger partial charge on any atom is -0.369 e. The van der Waals surface area contributed by atoms with Gasteiger partial charge < -0.3 is 10.3 Å². The average Bonchev–Trinajstić information content (AvgIpc) is 2.92. The largest absolute Gasteiger partial charge is 0.369 e. The Labute approximate surface area is 111 Å². The molecule has 2 aromatic heterocycles. The first-order valence-corrected chi connectivity index (χ1v) is 6.45. The smallest absolute Gasteiger partial charge is 0.201 e. The maximum Gasteiger partial charge on any atom is 0.201 e. The lowest BCUT2D eigenvalue weighted by Crippen LogP contribution is -2.04. The summed E-state index contributed by atoms with van der Waals surface area (Å²) in [5.74, 6) is -0.164. The predicted octanol–water partition coefficient (Wildman–Crippen LogP) is 2.92. The van der Waals surface area contributed by atoms with Gasteiger partial charge in [0.1, 0.15) is 5.82 Å². The molecule has 0 atom stereocenters. The molecule has 0 aliphatic heterocycles. The molecule has 0 saturated heterocycles. The number of thiazole rings is 1. The SMILES string of the molecule is Nc1nc2cc(Cl)c(F)cc2n1Cc1cscn1. The van der Waals surface area contributed by atoms with E-state index in [1.807, 2.05) is 5.38 Å². The minimum absolute atomic E-state index is 0.0424. The molecule has 0 aliphatic rings. The molecule has 92 valence electrons. The highest BCUT2D eigenvalue weighted by Gasteiger charge is 2.12. The van der Waals surface area contributed by atoms with Crippen LogP contribution >= 0.6 is 22.9 Å². The third kappa shape index (κ3) is 1.83. The van der Waals surface area contributed by atoms with E-state index in [1.54, 1.807) is 10.1 Å². The van der Waals surface area contributed by atoms with Gasteiger partial charge in [-0.05, 0) is 6.07 Å². The van der Waals surface area contributed by atoms with Crippen molar-refractivity contribution in [3.05, 3.63) is 39.6 Å². The topological polar surface area (TPSA) is 56.7 Å². The first-order valence-electron chi connectivity index (χ1n) is 5.13. The zero-order chi connectivity index (χ0) is 12.7. The van der Waals surface area contributed by atoms with Gasteiger partial charge in [-0.15, -0.1) is 11.3 Å². The van der Waals surface area contributed by atoms with Crippen LogP contribution in [0.2, 0.25) is 5.02 Å². The van der Waals surface area contributed by atoms with Crippen molar-refractivity contribution in [2.75, 3.05) is 5.73 Å². The summed E-state index contributed by atoms with van der Waals surface area (Å²) in [6.07, 6.45) is 0. The molecule has 0 amide bonds. The van der Waals surface area contributed by atoms with Gasteiger partial charge in [-0.1, -0.05) is 11.6 Å². The van der Waals surface area contributed by atoms with Crippen molar-refractivity contribution in [3.8, 4) is 0 Å². The van der Waals surface area contributed by atoms with Gasteiger partial charge >= 0.3 is 0 Å². The Balaban J connectivity index is 2.16. The summed E-state index contributed by atoms with van der Waals surface area (Å²) in [5.41, 5.74) is 9.62. The van der Waals surface area contributed by atoms with Crippen LogP contribution in [0.25, 0.3) is 11.0 Å². The van der Waals surface area contributed by atoms with Gasteiger partial charge in [-0.25, -0.2) is 14.4 Å². The zero-order valence-electron chi connectivity index (χ0n) is 9.10. The fourth-order valence-electron chi connectivity index (χ4n) is 1.78. The number of hydrogen-bond donors (Lipinski definition) is 1. The van der Waals surface area contributed by atoms with Gasteiger partial charge in [0.25, 0.3) is 0 Å². The van der Waals surface area contributed by atoms with Crippen LogP contribution in [-0.4, -0.2) is 14.5 Å². The van der Waals surface area contributed by atoms with E-state index in [0.29, 0.717) is 23.5 Å². The van der Waals surface area contributed by atoms with E-state index in [1.165, 1.54) is 23.5 Å². The Morgan fingerprint density at radius 2 is 2.28 bits per heavy atom. The molecule has 0 spiro atoms. The van der Waals surface area contributed by atoms with E-state index in [4.69, 9.17) is 17.3 Å². The van der Waals surface area contributed by atoms with Gasteiger partial charge in [0.2, 0.25) is 5.95 Å². The molecule has 3 rings (SSSR count). The molecule has 0 fully saturated rings. The summed E-state index contributed by atoms with van der Waals surface area (Å²) in [4.78, 5) is 8.33. The Morgan fingerprint density at radius 1 is 1.44 bits per heavy atom. The quantitative estimate of drug-likeness (QED) is 0.786. The highest BCUT2D eigenvalue weighted by atomic mass is 35.5. The molecule has 0 unspecified atom stereocenters. The number of nitrogens with two attached hydrogens (primary N) is 1. The van der Waals surface area contributed by atoms with Crippen LogP contribution in [0.3, 0.4) is 0 Å². The van der Waals surface area contributed by atoms with E-state index in [-0.39, 0.29) is 5.02 Å². The van der Waals surface area contributed by atoms with Crippen LogP contribution in [-0.2, 0) is 6.54 Å². The second kappa shape index (κ2) is 4.22. The van der Waals surface area contributed by atoms with E-state index >= 15 is 0 Å². The minimum atomic E-state index is -0.483. The third-order valence-corrected chi connectivity index (χ3v) is 3.55. The molecule has 2 heterocycles. The zero-order valence-corrected chi connectivity index (χ0v) is 10.7. The summed E-state index contributed by atoms with van der Waals surface area (Å²) in [5, 5.41) is 1.96. The van der Waals surface area contributed by atoms with Crippen LogP contribution in [0.4, 0.5) is 10.3 Å². The molecule has 3 aromatic rings. The number of fused-ring (bicyclic) bond motifs is 1. The number of aromatic nitrogens is 3. The van der Waals surface area contributed by atoms with Crippen LogP contribution in [0, 0.1) is 5.82 Å². The number of benzene rings is 1. The molecule has 0 aliphatic carbocycles. The summed E-state index contributed by atoms with van der Waals surface area (Å²) < 4.78 is 15.2. The van der Waals surface area contributed by atoms with E-state index < -0.39 is 5.82 Å². The van der Waals surface area contributed by atoms with Crippen LogP contribution in [0.5, 0.6) is 0 Å². The Hall–Kier alpha value is -1.66. The average molecular weight is 283 g/mol. The van der Waals surface area contributed by atoms with Crippen molar-refractivity contribution < 1.29 is 4.39 Å². The summed E-state index contributed by atoms with van der Waals surface area (Å²) in [6, 6.07) is 2.81. The molecule has 18 heavy (non-hydrogen) atoms. The molecule has 0 bridgehead atoms. The van der Waals surface area contributed by atoms with Crippen molar-refractivity contribution in [1.29, 1.82) is 0 Å². The molecule has 2 N–H and O–H groups in total. The fourth-order valence-corrected chi connectivity index (χ4v) is 2.49. The second-order valence-electron chi connectivity index (χ2n) is 3.79. The van der Waals surface area contributed by atoms with Crippen molar-refractivity contribution in [1.82, 2.24) is 14.5 Å². The first kappa shape index (κ1) is 11.4. The molecule has 1 aromatic carbocycles. The first-order chi connectivity index (χ1) is 8.65. The van der Waals surface area contributed by atoms with Gasteiger partial charge in [0.05, 0.1) is 33.8 Å². The van der Waals surface area contributed by atoms with Crippen LogP contribution in [0.15, 0.2) is 23.0 Å². The lowest BCUT2D eigenvalue weighted by atomic mass is 10.3. The Bertz CT molecular complexity index is 707. The monoisotopic (exact) mass is 282 g/mol. The summed E-state index contributed by atoms with van der Waals surface area (Å²) in [7, 11) is 0. The lowest BCUT2D eigenvalue weighted by molar-refractivity contribution is 0.629. The fraction of sp³-hybridized carbons (Fsp3) is 0.0909. The van der Waals surface area contributed by atoms with Crippen LogP contribution < -0.4 is 5.73 Å². The highest BCUT2D eigenvalue weighted by Crippen LogP contribution is 2.25. The van der Waals surface area contributed by atoms with E-state index in [2.05, 4.69) is 9.97 Å². The van der Waals surface area contributed by atoms with Gasteiger partial charge in [-0.2, -0.15) is 0 Å². The normalized spacial score (nSPS) is 11.2. The Morgan fingerprint density at radius 3 is 3.00 bits per heavy atom. The number of anilines is 1. The van der Waals surface area contributed by atoms with Crippen LogP contribution in [0.1, 0.15) is 5.69 Å². The number of rotatable bonds is 2. The number of imidazole rings is 1. The summed E-state index contributed by atoms with van der Waals surface area (Å²) in [6.45, 7) is 0.465. The van der Waals surface area contributed by atoms with Crippen molar-refractivity contribution in [2.24, 2.45) is 0 Å². The highest BCUT2D eigenvalue weighted by molar-refractivity contribution is 7.07. The number of halogens is 2. The number of nitrogen functional groups attached to an aromatic ring is 1. The standard InChI is InChI=1S/C11H8ClFN4S/c12-7-1-9-10(2-8(7)13)17(11(14)16-9)3-6-4-18-5-15-6/h1-2,4-5H,3H2,(H2,14,16). The summed E-state index contributed by atoms with van der Waals surface area (Å²) >= 11 is 7.21. The molecule has 0 radical (unpaired) electrons. The number of hydrogen-bond acceptors (Lipinski definition) is 4. The molecule has 0 saturated carbocycles. The van der Waals surface area contributed by atoms with Crippen molar-refractivity contribution in [3.63, 3.8) is 0 Å². The Kier molecular flexibility index (Phi) is 2.68. The number of nitrogens with zero attached hydrogens (tertiary/aromatic N) is 3. The van der Waals surface area contributed by atoms with Crippen molar-refractivity contribution in [2.45, 2.75) is 6.54 Å².